The highest BCUT2D eigenvalue weighted by Gasteiger charge is 2.38. The molecule has 6 heteroatoms. The molecular formula is C20H21N3O3. The second-order valence-corrected chi connectivity index (χ2v) is 6.31. The zero-order valence-corrected chi connectivity index (χ0v) is 14.6. The molecule has 1 aliphatic heterocycles. The van der Waals surface area contributed by atoms with Gasteiger partial charge in [-0.25, -0.2) is 4.79 Å². The summed E-state index contributed by atoms with van der Waals surface area (Å²) in [4.78, 5) is 37.7. The number of benzene rings is 2. The highest BCUT2D eigenvalue weighted by molar-refractivity contribution is 6.08. The number of rotatable bonds is 6. The van der Waals surface area contributed by atoms with Crippen molar-refractivity contribution >= 4 is 23.5 Å². The number of para-hydroxylation sites is 1. The van der Waals surface area contributed by atoms with E-state index in [9.17, 15) is 14.4 Å². The fraction of sp³-hybridized carbons (Fsp3) is 0.250. The third-order valence-corrected chi connectivity index (χ3v) is 4.39. The van der Waals surface area contributed by atoms with Gasteiger partial charge in [-0.15, -0.1) is 0 Å². The number of urea groups is 1. The van der Waals surface area contributed by atoms with Gasteiger partial charge in [0.25, 0.3) is 5.91 Å². The third-order valence-electron chi connectivity index (χ3n) is 4.39. The summed E-state index contributed by atoms with van der Waals surface area (Å²) >= 11 is 0. The molecule has 26 heavy (non-hydrogen) atoms. The van der Waals surface area contributed by atoms with Gasteiger partial charge in [0.2, 0.25) is 5.91 Å². The second-order valence-electron chi connectivity index (χ2n) is 6.31. The molecule has 134 valence electrons. The Morgan fingerprint density at radius 2 is 1.77 bits per heavy atom. The highest BCUT2D eigenvalue weighted by atomic mass is 16.2. The lowest BCUT2D eigenvalue weighted by Gasteiger charge is -2.14. The van der Waals surface area contributed by atoms with Crippen LogP contribution in [0.25, 0.3) is 0 Å². The Hall–Kier alpha value is -3.15. The Kier molecular flexibility index (Phi) is 5.31. The fourth-order valence-electron chi connectivity index (χ4n) is 2.92. The van der Waals surface area contributed by atoms with E-state index in [1.54, 1.807) is 6.07 Å². The maximum Gasteiger partial charge on any atom is 0.325 e. The maximum absolute atomic E-state index is 12.5. The number of aryl methyl sites for hydroxylation is 2. The molecule has 2 N–H and O–H groups in total. The average molecular weight is 351 g/mol. The zero-order valence-electron chi connectivity index (χ0n) is 14.6. The number of hydrogen-bond acceptors (Lipinski definition) is 3. The molecule has 0 saturated carbocycles. The van der Waals surface area contributed by atoms with E-state index in [-0.39, 0.29) is 12.5 Å². The Morgan fingerprint density at radius 3 is 2.50 bits per heavy atom. The van der Waals surface area contributed by atoms with Gasteiger partial charge < -0.3 is 10.6 Å². The minimum atomic E-state index is -0.589. The maximum atomic E-state index is 12.5. The number of hydrogen-bond donors (Lipinski definition) is 2. The summed E-state index contributed by atoms with van der Waals surface area (Å²) in [6.07, 6.45) is 1.19. The predicted molar refractivity (Wildman–Crippen MR) is 98.6 cm³/mol. The minimum Gasteiger partial charge on any atom is -0.326 e. The van der Waals surface area contributed by atoms with Crippen molar-refractivity contribution in [1.29, 1.82) is 0 Å². The lowest BCUT2D eigenvalue weighted by atomic mass is 10.1. The summed E-state index contributed by atoms with van der Waals surface area (Å²) in [6, 6.07) is 16.0. The van der Waals surface area contributed by atoms with Crippen LogP contribution >= 0.6 is 0 Å². The van der Waals surface area contributed by atoms with Gasteiger partial charge in [0.1, 0.15) is 12.6 Å². The Balaban J connectivity index is 1.56. The fourth-order valence-corrected chi connectivity index (χ4v) is 2.92. The smallest absolute Gasteiger partial charge is 0.325 e. The molecule has 0 aliphatic carbocycles. The molecule has 6 nitrogen and oxygen atoms in total. The van der Waals surface area contributed by atoms with Gasteiger partial charge in [-0.1, -0.05) is 48.5 Å². The van der Waals surface area contributed by atoms with E-state index >= 15 is 0 Å². The van der Waals surface area contributed by atoms with Crippen LogP contribution in [0.5, 0.6) is 0 Å². The molecule has 2 aromatic carbocycles. The van der Waals surface area contributed by atoms with E-state index in [0.29, 0.717) is 18.5 Å². The van der Waals surface area contributed by atoms with Crippen LogP contribution in [0.2, 0.25) is 0 Å². The van der Waals surface area contributed by atoms with Gasteiger partial charge >= 0.3 is 6.03 Å². The van der Waals surface area contributed by atoms with Crippen LogP contribution in [0.15, 0.2) is 54.6 Å². The zero-order chi connectivity index (χ0) is 18.5. The minimum absolute atomic E-state index is 0.291. The number of amides is 4. The molecular weight excluding hydrogens is 330 g/mol. The molecule has 4 amide bonds. The number of anilines is 1. The van der Waals surface area contributed by atoms with Crippen LogP contribution in [0, 0.1) is 6.92 Å². The first-order valence-electron chi connectivity index (χ1n) is 8.56. The molecule has 2 aromatic rings. The van der Waals surface area contributed by atoms with Crippen LogP contribution in [0.3, 0.4) is 0 Å². The summed E-state index contributed by atoms with van der Waals surface area (Å²) in [5.74, 6) is -0.752. The summed E-state index contributed by atoms with van der Waals surface area (Å²) < 4.78 is 0. The normalized spacial score (nSPS) is 16.5. The van der Waals surface area contributed by atoms with Gasteiger partial charge in [0.05, 0.1) is 0 Å². The Morgan fingerprint density at radius 1 is 1.08 bits per heavy atom. The monoisotopic (exact) mass is 351 g/mol. The van der Waals surface area contributed by atoms with Crippen molar-refractivity contribution in [3.63, 3.8) is 0 Å². The number of carbonyl (C=O) groups is 3. The van der Waals surface area contributed by atoms with Gasteiger partial charge in [-0.2, -0.15) is 0 Å². The molecule has 0 radical (unpaired) electrons. The van der Waals surface area contributed by atoms with E-state index < -0.39 is 18.0 Å². The average Bonchev–Trinajstić information content (AvgIpc) is 2.90. The molecule has 1 heterocycles. The van der Waals surface area contributed by atoms with Gasteiger partial charge in [0.15, 0.2) is 0 Å². The number of nitrogens with one attached hydrogen (secondary N) is 2. The lowest BCUT2D eigenvalue weighted by Crippen LogP contribution is -2.38. The number of carbonyl (C=O) groups excluding carboxylic acids is 3. The van der Waals surface area contributed by atoms with Crippen LogP contribution in [-0.4, -0.2) is 35.3 Å². The molecule has 1 fully saturated rings. The van der Waals surface area contributed by atoms with E-state index in [1.165, 1.54) is 0 Å². The largest absolute Gasteiger partial charge is 0.326 e. The van der Waals surface area contributed by atoms with Gasteiger partial charge in [-0.05, 0) is 37.0 Å². The van der Waals surface area contributed by atoms with Crippen molar-refractivity contribution < 1.29 is 14.4 Å². The van der Waals surface area contributed by atoms with Gasteiger partial charge in [-0.3, -0.25) is 14.5 Å². The number of imide groups is 1. The van der Waals surface area contributed by atoms with E-state index in [2.05, 4.69) is 10.6 Å². The Bertz CT molecular complexity index is 820. The van der Waals surface area contributed by atoms with E-state index in [0.717, 1.165) is 16.0 Å². The van der Waals surface area contributed by atoms with Crippen LogP contribution in [0.1, 0.15) is 17.5 Å². The molecule has 1 aliphatic rings. The summed E-state index contributed by atoms with van der Waals surface area (Å²) in [5.41, 5.74) is 2.69. The van der Waals surface area contributed by atoms with Crippen molar-refractivity contribution in [1.82, 2.24) is 10.2 Å². The molecule has 0 spiro atoms. The van der Waals surface area contributed by atoms with Gasteiger partial charge in [0, 0.05) is 5.69 Å². The summed E-state index contributed by atoms with van der Waals surface area (Å²) in [7, 11) is 0. The van der Waals surface area contributed by atoms with E-state index in [4.69, 9.17) is 0 Å². The first-order chi connectivity index (χ1) is 12.5. The first kappa shape index (κ1) is 17.7. The lowest BCUT2D eigenvalue weighted by molar-refractivity contribution is -0.130. The van der Waals surface area contributed by atoms with E-state index in [1.807, 2.05) is 55.5 Å². The van der Waals surface area contributed by atoms with Crippen molar-refractivity contribution in [2.75, 3.05) is 11.9 Å². The van der Waals surface area contributed by atoms with Crippen LogP contribution in [-0.2, 0) is 16.0 Å². The van der Waals surface area contributed by atoms with Crippen LogP contribution < -0.4 is 10.6 Å². The third kappa shape index (κ3) is 4.08. The number of nitrogens with zero attached hydrogens (tertiary/aromatic N) is 1. The van der Waals surface area contributed by atoms with Crippen molar-refractivity contribution in [2.24, 2.45) is 0 Å². The standard InChI is InChI=1S/C20H21N3O3/c1-14-7-5-6-10-16(14)21-18(24)13-23-19(25)17(22-20(23)26)12-11-15-8-3-2-4-9-15/h2-10,17H,11-13H2,1H3,(H,21,24)(H,22,26)/t17-/m0/s1. The predicted octanol–water partition coefficient (Wildman–Crippen LogP) is 2.49. The van der Waals surface area contributed by atoms with Crippen molar-refractivity contribution in [2.45, 2.75) is 25.8 Å². The topological polar surface area (TPSA) is 78.5 Å². The summed E-state index contributed by atoms with van der Waals surface area (Å²) in [6.45, 7) is 1.59. The van der Waals surface area contributed by atoms with Crippen molar-refractivity contribution in [3.8, 4) is 0 Å². The quantitative estimate of drug-likeness (QED) is 0.785. The molecule has 0 aromatic heterocycles. The first-order valence-corrected chi connectivity index (χ1v) is 8.56. The molecule has 0 bridgehead atoms. The van der Waals surface area contributed by atoms with Crippen LogP contribution in [0.4, 0.5) is 10.5 Å². The molecule has 3 rings (SSSR count). The highest BCUT2D eigenvalue weighted by Crippen LogP contribution is 2.15. The molecule has 0 unspecified atom stereocenters. The van der Waals surface area contributed by atoms with Crippen molar-refractivity contribution in [3.05, 3.63) is 65.7 Å². The summed E-state index contributed by atoms with van der Waals surface area (Å²) in [5, 5.41) is 5.40. The second kappa shape index (κ2) is 7.82. The molecule has 1 saturated heterocycles. The SMILES string of the molecule is Cc1ccccc1NC(=O)CN1C(=O)N[C@@H](CCc2ccccc2)C1=O. The molecule has 1 atom stereocenters. The Labute approximate surface area is 152 Å².